The Balaban J connectivity index is 2.26. The fourth-order valence-corrected chi connectivity index (χ4v) is 3.09. The van der Waals surface area contributed by atoms with E-state index in [1.54, 1.807) is 45.9 Å². The topological polar surface area (TPSA) is 94.6 Å². The molecule has 1 saturated heterocycles. The Labute approximate surface area is 176 Å². The minimum atomic E-state index is -0.938. The van der Waals surface area contributed by atoms with Crippen LogP contribution in [-0.2, 0) is 14.3 Å². The number of hydrogen-bond acceptors (Lipinski definition) is 7. The van der Waals surface area contributed by atoms with Gasteiger partial charge in [0.1, 0.15) is 11.6 Å². The van der Waals surface area contributed by atoms with Crippen molar-refractivity contribution >= 4 is 18.0 Å². The molecule has 1 aromatic rings. The maximum Gasteiger partial charge on any atom is 0.410 e. The minimum absolute atomic E-state index is 0.00717. The van der Waals surface area contributed by atoms with Crippen molar-refractivity contribution < 1.29 is 33.3 Å². The fourth-order valence-electron chi connectivity index (χ4n) is 3.09. The van der Waals surface area contributed by atoms with Crippen molar-refractivity contribution in [3.05, 3.63) is 23.8 Å². The molecule has 0 radical (unpaired) electrons. The summed E-state index contributed by atoms with van der Waals surface area (Å²) in [6.45, 7) is 7.55. The van der Waals surface area contributed by atoms with Crippen molar-refractivity contribution in [1.82, 2.24) is 9.80 Å². The normalized spacial score (nSPS) is 16.7. The van der Waals surface area contributed by atoms with Gasteiger partial charge in [0.05, 0.1) is 27.4 Å². The predicted molar refractivity (Wildman–Crippen MR) is 109 cm³/mol. The highest BCUT2D eigenvalue weighted by molar-refractivity contribution is 5.97. The summed E-state index contributed by atoms with van der Waals surface area (Å²) in [4.78, 5) is 41.1. The first kappa shape index (κ1) is 23.3. The molecule has 1 heterocycles. The van der Waals surface area contributed by atoms with Crippen LogP contribution in [0.15, 0.2) is 18.2 Å². The highest BCUT2D eigenvalue weighted by atomic mass is 16.6. The smallest absolute Gasteiger partial charge is 0.410 e. The average Bonchev–Trinajstić information content (AvgIpc) is 2.71. The largest absolute Gasteiger partial charge is 0.493 e. The Kier molecular flexibility index (Phi) is 7.53. The molecular weight excluding hydrogens is 392 g/mol. The van der Waals surface area contributed by atoms with E-state index in [-0.39, 0.29) is 32.1 Å². The van der Waals surface area contributed by atoms with Crippen LogP contribution in [0.2, 0.25) is 0 Å². The van der Waals surface area contributed by atoms with Crippen LogP contribution in [-0.4, -0.2) is 79.9 Å². The lowest BCUT2D eigenvalue weighted by Crippen LogP contribution is -2.60. The van der Waals surface area contributed by atoms with Crippen LogP contribution >= 0.6 is 0 Å². The molecule has 0 N–H and O–H groups in total. The molecular formula is C21H30N2O7. The molecule has 0 aromatic heterocycles. The molecule has 9 heteroatoms. The Morgan fingerprint density at radius 1 is 1.07 bits per heavy atom. The van der Waals surface area contributed by atoms with Gasteiger partial charge in [-0.1, -0.05) is 0 Å². The first-order valence-electron chi connectivity index (χ1n) is 9.78. The van der Waals surface area contributed by atoms with Crippen LogP contribution in [0.5, 0.6) is 11.5 Å². The molecule has 0 spiro atoms. The molecule has 1 unspecified atom stereocenters. The summed E-state index contributed by atoms with van der Waals surface area (Å²) in [5.41, 5.74) is -0.323. The van der Waals surface area contributed by atoms with Gasteiger partial charge in [-0.25, -0.2) is 9.59 Å². The summed E-state index contributed by atoms with van der Waals surface area (Å²) in [5, 5.41) is 0. The van der Waals surface area contributed by atoms with Gasteiger partial charge in [0.25, 0.3) is 5.91 Å². The van der Waals surface area contributed by atoms with Crippen molar-refractivity contribution in [1.29, 1.82) is 0 Å². The number of esters is 1. The molecule has 2 rings (SSSR count). The van der Waals surface area contributed by atoms with Gasteiger partial charge in [0, 0.05) is 18.7 Å². The number of carbonyl (C=O) groups is 3. The standard InChI is InChI=1S/C21H30N2O7/c1-7-29-19(25)15-13-22(20(26)30-21(2,3)4)10-11-23(15)18(24)14-8-9-16(27-5)17(12-14)28-6/h8-9,12,15H,7,10-11,13H2,1-6H3. The number of nitrogens with zero attached hydrogens (tertiary/aromatic N) is 2. The van der Waals surface area contributed by atoms with Gasteiger partial charge in [0.15, 0.2) is 11.5 Å². The first-order chi connectivity index (χ1) is 14.1. The molecule has 0 saturated carbocycles. The zero-order valence-electron chi connectivity index (χ0n) is 18.4. The lowest BCUT2D eigenvalue weighted by Gasteiger charge is -2.40. The Morgan fingerprint density at radius 2 is 1.73 bits per heavy atom. The van der Waals surface area contributed by atoms with Crippen LogP contribution in [0.4, 0.5) is 4.79 Å². The van der Waals surface area contributed by atoms with Crippen LogP contribution < -0.4 is 9.47 Å². The second kappa shape index (κ2) is 9.69. The summed E-state index contributed by atoms with van der Waals surface area (Å²) < 4.78 is 21.0. The van der Waals surface area contributed by atoms with E-state index in [1.165, 1.54) is 24.0 Å². The number of carbonyl (C=O) groups excluding carboxylic acids is 3. The summed E-state index contributed by atoms with van der Waals surface area (Å²) in [6, 6.07) is 3.85. The summed E-state index contributed by atoms with van der Waals surface area (Å²) in [5.74, 6) is -0.0356. The SMILES string of the molecule is CCOC(=O)C1CN(C(=O)OC(C)(C)C)CCN1C(=O)c1ccc(OC)c(OC)c1. The Hall–Kier alpha value is -2.97. The molecule has 1 atom stereocenters. The van der Waals surface area contributed by atoms with Crippen LogP contribution in [0, 0.1) is 0 Å². The van der Waals surface area contributed by atoms with Gasteiger partial charge in [-0.15, -0.1) is 0 Å². The summed E-state index contributed by atoms with van der Waals surface area (Å²) in [7, 11) is 2.99. The number of methoxy groups -OCH3 is 2. The molecule has 9 nitrogen and oxygen atoms in total. The zero-order chi connectivity index (χ0) is 22.5. The zero-order valence-corrected chi connectivity index (χ0v) is 18.4. The van der Waals surface area contributed by atoms with Gasteiger partial charge in [0.2, 0.25) is 0 Å². The first-order valence-corrected chi connectivity index (χ1v) is 9.78. The summed E-state index contributed by atoms with van der Waals surface area (Å²) >= 11 is 0. The van der Waals surface area contributed by atoms with E-state index in [4.69, 9.17) is 18.9 Å². The van der Waals surface area contributed by atoms with Crippen molar-refractivity contribution in [2.75, 3.05) is 40.5 Å². The summed E-state index contributed by atoms with van der Waals surface area (Å²) in [6.07, 6.45) is -0.532. The molecule has 1 fully saturated rings. The lowest BCUT2D eigenvalue weighted by molar-refractivity contribution is -0.150. The van der Waals surface area contributed by atoms with E-state index in [0.29, 0.717) is 17.1 Å². The van der Waals surface area contributed by atoms with Crippen molar-refractivity contribution in [3.63, 3.8) is 0 Å². The van der Waals surface area contributed by atoms with Crippen molar-refractivity contribution in [2.45, 2.75) is 39.3 Å². The number of piperazine rings is 1. The third kappa shape index (κ3) is 5.55. The molecule has 30 heavy (non-hydrogen) atoms. The molecule has 1 aliphatic rings. The van der Waals surface area contributed by atoms with Gasteiger partial charge < -0.3 is 28.7 Å². The van der Waals surface area contributed by atoms with E-state index in [1.807, 2.05) is 0 Å². The van der Waals surface area contributed by atoms with E-state index in [0.717, 1.165) is 0 Å². The molecule has 0 bridgehead atoms. The predicted octanol–water partition coefficient (Wildman–Crippen LogP) is 2.33. The van der Waals surface area contributed by atoms with Crippen molar-refractivity contribution in [3.8, 4) is 11.5 Å². The third-order valence-electron chi connectivity index (χ3n) is 4.48. The second-order valence-electron chi connectivity index (χ2n) is 7.76. The number of hydrogen-bond donors (Lipinski definition) is 0. The Morgan fingerprint density at radius 3 is 2.30 bits per heavy atom. The van der Waals surface area contributed by atoms with Crippen LogP contribution in [0.25, 0.3) is 0 Å². The number of amides is 2. The maximum atomic E-state index is 13.2. The van der Waals surface area contributed by atoms with E-state index < -0.39 is 23.7 Å². The van der Waals surface area contributed by atoms with Crippen LogP contribution in [0.1, 0.15) is 38.1 Å². The quantitative estimate of drug-likeness (QED) is 0.672. The second-order valence-corrected chi connectivity index (χ2v) is 7.76. The van der Waals surface area contributed by atoms with Gasteiger partial charge in [-0.3, -0.25) is 4.79 Å². The highest BCUT2D eigenvalue weighted by Crippen LogP contribution is 2.29. The third-order valence-corrected chi connectivity index (χ3v) is 4.48. The number of ether oxygens (including phenoxy) is 4. The van der Waals surface area contributed by atoms with Gasteiger partial charge in [-0.05, 0) is 45.9 Å². The van der Waals surface area contributed by atoms with E-state index in [9.17, 15) is 14.4 Å². The van der Waals surface area contributed by atoms with Crippen molar-refractivity contribution in [2.24, 2.45) is 0 Å². The average molecular weight is 422 g/mol. The fraction of sp³-hybridized carbons (Fsp3) is 0.571. The van der Waals surface area contributed by atoms with E-state index >= 15 is 0 Å². The highest BCUT2D eigenvalue weighted by Gasteiger charge is 2.39. The molecule has 0 aliphatic carbocycles. The molecule has 166 valence electrons. The lowest BCUT2D eigenvalue weighted by atomic mass is 10.1. The Bertz CT molecular complexity index is 788. The molecule has 1 aromatic carbocycles. The molecule has 2 amide bonds. The number of rotatable bonds is 5. The number of benzene rings is 1. The van der Waals surface area contributed by atoms with Gasteiger partial charge >= 0.3 is 12.1 Å². The monoisotopic (exact) mass is 422 g/mol. The molecule has 1 aliphatic heterocycles. The maximum absolute atomic E-state index is 13.2. The van der Waals surface area contributed by atoms with Crippen LogP contribution in [0.3, 0.4) is 0 Å². The minimum Gasteiger partial charge on any atom is -0.493 e. The van der Waals surface area contributed by atoms with E-state index in [2.05, 4.69) is 0 Å². The van der Waals surface area contributed by atoms with Gasteiger partial charge in [-0.2, -0.15) is 0 Å².